The van der Waals surface area contributed by atoms with E-state index in [2.05, 4.69) is 67.3 Å². The molecule has 0 saturated carbocycles. The van der Waals surface area contributed by atoms with Gasteiger partial charge in [0.25, 0.3) is 0 Å². The molecule has 0 heterocycles. The van der Waals surface area contributed by atoms with E-state index in [9.17, 15) is 0 Å². The van der Waals surface area contributed by atoms with Crippen molar-refractivity contribution in [2.24, 2.45) is 0 Å². The Balaban J connectivity index is 1.96. The Morgan fingerprint density at radius 2 is 1.67 bits per heavy atom. The van der Waals surface area contributed by atoms with E-state index in [1.165, 1.54) is 22.3 Å². The minimum Gasteiger partial charge on any atom is -0.0988 e. The number of hydrogen-bond donors (Lipinski definition) is 0. The Bertz CT molecular complexity index is 590. The fourth-order valence-electron chi connectivity index (χ4n) is 2.70. The van der Waals surface area contributed by atoms with Gasteiger partial charge in [0.1, 0.15) is 0 Å². The maximum Gasteiger partial charge on any atom is 0.0136 e. The molecular formula is C18H16. The van der Waals surface area contributed by atoms with Crippen LogP contribution < -0.4 is 0 Å². The normalized spacial score (nSPS) is 17.1. The molecule has 1 aliphatic rings. The average Bonchev–Trinajstić information content (AvgIpc) is 2.78. The second-order valence-electron chi connectivity index (χ2n) is 4.72. The molecule has 0 nitrogen and oxygen atoms in total. The molecule has 0 aromatic heterocycles. The summed E-state index contributed by atoms with van der Waals surface area (Å²) in [4.78, 5) is 0. The summed E-state index contributed by atoms with van der Waals surface area (Å²) in [6.07, 6.45) is 5.30. The summed E-state index contributed by atoms with van der Waals surface area (Å²) < 4.78 is 0. The van der Waals surface area contributed by atoms with Gasteiger partial charge in [-0.1, -0.05) is 73.3 Å². The lowest BCUT2D eigenvalue weighted by Crippen LogP contribution is -2.01. The van der Waals surface area contributed by atoms with Crippen molar-refractivity contribution in [3.05, 3.63) is 89.5 Å². The van der Waals surface area contributed by atoms with Gasteiger partial charge >= 0.3 is 0 Å². The smallest absolute Gasteiger partial charge is 0.0136 e. The Kier molecular flexibility index (Phi) is 2.85. The summed E-state index contributed by atoms with van der Waals surface area (Å²) in [7, 11) is 0. The lowest BCUT2D eigenvalue weighted by molar-refractivity contribution is 0.822. The maximum absolute atomic E-state index is 3.95. The fourth-order valence-corrected chi connectivity index (χ4v) is 2.70. The zero-order valence-corrected chi connectivity index (χ0v) is 10.3. The summed E-state index contributed by atoms with van der Waals surface area (Å²) in [5.74, 6) is 0.459. The van der Waals surface area contributed by atoms with Gasteiger partial charge in [0, 0.05) is 5.92 Å². The Labute approximate surface area is 108 Å². The molecule has 88 valence electrons. The molecule has 0 heteroatoms. The zero-order chi connectivity index (χ0) is 12.4. The van der Waals surface area contributed by atoms with Crippen LogP contribution in [0.1, 0.15) is 22.6 Å². The van der Waals surface area contributed by atoms with Crippen molar-refractivity contribution in [1.29, 1.82) is 0 Å². The van der Waals surface area contributed by atoms with E-state index in [0.29, 0.717) is 5.92 Å². The Hall–Kier alpha value is -2.08. The first kappa shape index (κ1) is 11.0. The molecule has 0 spiro atoms. The van der Waals surface area contributed by atoms with E-state index >= 15 is 0 Å². The molecule has 2 aromatic rings. The Morgan fingerprint density at radius 3 is 2.44 bits per heavy atom. The van der Waals surface area contributed by atoms with Crippen LogP contribution in [0.15, 0.2) is 72.8 Å². The van der Waals surface area contributed by atoms with E-state index in [0.717, 1.165) is 6.42 Å². The van der Waals surface area contributed by atoms with Gasteiger partial charge in [0.2, 0.25) is 0 Å². The highest BCUT2D eigenvalue weighted by molar-refractivity contribution is 5.69. The molecule has 18 heavy (non-hydrogen) atoms. The lowest BCUT2D eigenvalue weighted by Gasteiger charge is -2.14. The molecule has 1 unspecified atom stereocenters. The van der Waals surface area contributed by atoms with Gasteiger partial charge in [-0.15, -0.1) is 0 Å². The van der Waals surface area contributed by atoms with Crippen LogP contribution in [0.3, 0.4) is 0 Å². The standard InChI is InChI=1S/C18H16/c1-2-15-13-16-10-6-7-11-17(16)18(15)12-14-8-4-3-5-9-14/h2-11,13,18H,1,12H2. The van der Waals surface area contributed by atoms with Crippen molar-refractivity contribution >= 4 is 6.08 Å². The van der Waals surface area contributed by atoms with Gasteiger partial charge in [-0.2, -0.15) is 0 Å². The highest BCUT2D eigenvalue weighted by atomic mass is 14.3. The van der Waals surface area contributed by atoms with E-state index in [1.54, 1.807) is 0 Å². The topological polar surface area (TPSA) is 0 Å². The maximum atomic E-state index is 3.95. The summed E-state index contributed by atoms with van der Waals surface area (Å²) in [6.45, 7) is 3.95. The number of rotatable bonds is 3. The van der Waals surface area contributed by atoms with Crippen LogP contribution in [0, 0.1) is 0 Å². The summed E-state index contributed by atoms with van der Waals surface area (Å²) >= 11 is 0. The van der Waals surface area contributed by atoms with Crippen LogP contribution >= 0.6 is 0 Å². The van der Waals surface area contributed by atoms with Crippen LogP contribution in [-0.2, 0) is 6.42 Å². The van der Waals surface area contributed by atoms with Gasteiger partial charge in [-0.3, -0.25) is 0 Å². The highest BCUT2D eigenvalue weighted by Crippen LogP contribution is 2.38. The molecular weight excluding hydrogens is 216 g/mol. The third-order valence-corrected chi connectivity index (χ3v) is 3.61. The second-order valence-corrected chi connectivity index (χ2v) is 4.72. The zero-order valence-electron chi connectivity index (χ0n) is 10.3. The minimum atomic E-state index is 0.459. The third kappa shape index (κ3) is 1.91. The highest BCUT2D eigenvalue weighted by Gasteiger charge is 2.22. The van der Waals surface area contributed by atoms with Crippen molar-refractivity contribution < 1.29 is 0 Å². The van der Waals surface area contributed by atoms with Crippen LogP contribution in [0.5, 0.6) is 0 Å². The molecule has 0 fully saturated rings. The van der Waals surface area contributed by atoms with Gasteiger partial charge < -0.3 is 0 Å². The summed E-state index contributed by atoms with van der Waals surface area (Å²) in [5, 5.41) is 0. The largest absolute Gasteiger partial charge is 0.0988 e. The predicted molar refractivity (Wildman–Crippen MR) is 77.5 cm³/mol. The number of allylic oxidation sites excluding steroid dienone is 2. The molecule has 0 saturated heterocycles. The molecule has 0 amide bonds. The molecule has 1 aliphatic carbocycles. The van der Waals surface area contributed by atoms with Gasteiger partial charge in [0.15, 0.2) is 0 Å². The summed E-state index contributed by atoms with van der Waals surface area (Å²) in [5.41, 5.74) is 5.48. The minimum absolute atomic E-state index is 0.459. The number of benzene rings is 2. The first-order valence-electron chi connectivity index (χ1n) is 6.35. The molecule has 0 N–H and O–H groups in total. The molecule has 0 radical (unpaired) electrons. The number of hydrogen-bond acceptors (Lipinski definition) is 0. The van der Waals surface area contributed by atoms with Crippen molar-refractivity contribution in [3.8, 4) is 0 Å². The average molecular weight is 232 g/mol. The van der Waals surface area contributed by atoms with E-state index < -0.39 is 0 Å². The first-order valence-corrected chi connectivity index (χ1v) is 6.35. The SMILES string of the molecule is C=CC1=Cc2ccccc2C1Cc1ccccc1. The van der Waals surface area contributed by atoms with Gasteiger partial charge in [-0.25, -0.2) is 0 Å². The summed E-state index contributed by atoms with van der Waals surface area (Å²) in [6, 6.07) is 19.3. The van der Waals surface area contributed by atoms with Crippen molar-refractivity contribution in [2.45, 2.75) is 12.3 Å². The number of fused-ring (bicyclic) bond motifs is 1. The van der Waals surface area contributed by atoms with Crippen molar-refractivity contribution in [3.63, 3.8) is 0 Å². The van der Waals surface area contributed by atoms with Crippen LogP contribution in [0.2, 0.25) is 0 Å². The molecule has 0 bridgehead atoms. The molecule has 2 aromatic carbocycles. The van der Waals surface area contributed by atoms with Gasteiger partial charge in [-0.05, 0) is 28.7 Å². The van der Waals surface area contributed by atoms with Crippen molar-refractivity contribution in [1.82, 2.24) is 0 Å². The monoisotopic (exact) mass is 232 g/mol. The van der Waals surface area contributed by atoms with Crippen molar-refractivity contribution in [2.75, 3.05) is 0 Å². The molecule has 1 atom stereocenters. The van der Waals surface area contributed by atoms with Crippen LogP contribution in [-0.4, -0.2) is 0 Å². The Morgan fingerprint density at radius 1 is 0.944 bits per heavy atom. The van der Waals surface area contributed by atoms with E-state index in [1.807, 2.05) is 6.08 Å². The van der Waals surface area contributed by atoms with Gasteiger partial charge in [0.05, 0.1) is 0 Å². The van der Waals surface area contributed by atoms with E-state index in [-0.39, 0.29) is 0 Å². The lowest BCUT2D eigenvalue weighted by atomic mass is 9.89. The molecule has 3 rings (SSSR count). The van der Waals surface area contributed by atoms with Crippen LogP contribution in [0.25, 0.3) is 6.08 Å². The fraction of sp³-hybridized carbons (Fsp3) is 0.111. The second kappa shape index (κ2) is 4.66. The first-order chi connectivity index (χ1) is 8.88. The molecule has 0 aliphatic heterocycles. The van der Waals surface area contributed by atoms with Crippen LogP contribution in [0.4, 0.5) is 0 Å². The predicted octanol–water partition coefficient (Wildman–Crippen LogP) is 4.60. The van der Waals surface area contributed by atoms with E-state index in [4.69, 9.17) is 0 Å². The quantitative estimate of drug-likeness (QED) is 0.725. The third-order valence-electron chi connectivity index (χ3n) is 3.61.